The van der Waals surface area contributed by atoms with E-state index in [0.717, 1.165) is 6.07 Å². The number of carbonyl (C=O) groups is 1. The molecule has 18 heavy (non-hydrogen) atoms. The van der Waals surface area contributed by atoms with Crippen LogP contribution in [0.1, 0.15) is 0 Å². The molecular formula is C11H14FN3O3. The Hall–Kier alpha value is -1.73. The van der Waals surface area contributed by atoms with Crippen molar-refractivity contribution in [3.8, 4) is 0 Å². The highest BCUT2D eigenvalue weighted by atomic mass is 19.1. The zero-order chi connectivity index (χ0) is 13.0. The minimum Gasteiger partial charge on any atom is -0.389 e. The normalized spacial score (nSPS) is 20.3. The van der Waals surface area contributed by atoms with Crippen molar-refractivity contribution in [1.82, 2.24) is 9.88 Å². The van der Waals surface area contributed by atoms with E-state index in [1.54, 1.807) is 0 Å². The van der Waals surface area contributed by atoms with Crippen LogP contribution in [0.25, 0.3) is 0 Å². The van der Waals surface area contributed by atoms with Crippen LogP contribution in [0.15, 0.2) is 18.3 Å². The third-order valence-corrected chi connectivity index (χ3v) is 2.51. The molecule has 2 rings (SSSR count). The zero-order valence-electron chi connectivity index (χ0n) is 9.67. The highest BCUT2D eigenvalue weighted by Gasteiger charge is 2.20. The summed E-state index contributed by atoms with van der Waals surface area (Å²) < 4.78 is 17.7. The maximum Gasteiger partial charge on any atom is 0.322 e. The second-order valence-electron chi connectivity index (χ2n) is 3.97. The third-order valence-electron chi connectivity index (χ3n) is 2.51. The van der Waals surface area contributed by atoms with Gasteiger partial charge in [0.15, 0.2) is 0 Å². The molecular weight excluding hydrogens is 241 g/mol. The second kappa shape index (κ2) is 5.74. The molecule has 0 bridgehead atoms. The standard InChI is InChI=1S/C11H14FN3O3/c12-10-2-1-8(5-13-10)14-11(17)15-3-4-18-7-9(16)6-15/h1-2,5,9,16H,3-4,6-7H2,(H,14,17)/t9-/m0/s1. The van der Waals surface area contributed by atoms with E-state index in [-0.39, 0.29) is 19.2 Å². The number of hydrogen-bond acceptors (Lipinski definition) is 4. The molecule has 7 heteroatoms. The molecule has 0 aromatic carbocycles. The summed E-state index contributed by atoms with van der Waals surface area (Å²) in [6, 6.07) is 2.22. The Morgan fingerprint density at radius 3 is 3.17 bits per heavy atom. The van der Waals surface area contributed by atoms with E-state index in [1.807, 2.05) is 0 Å². The summed E-state index contributed by atoms with van der Waals surface area (Å²) in [5, 5.41) is 12.1. The highest BCUT2D eigenvalue weighted by molar-refractivity contribution is 5.89. The minimum atomic E-state index is -0.690. The maximum atomic E-state index is 12.6. The van der Waals surface area contributed by atoms with Gasteiger partial charge in [-0.3, -0.25) is 0 Å². The quantitative estimate of drug-likeness (QED) is 0.714. The first-order valence-corrected chi connectivity index (χ1v) is 5.58. The lowest BCUT2D eigenvalue weighted by atomic mass is 10.3. The highest BCUT2D eigenvalue weighted by Crippen LogP contribution is 2.08. The number of urea groups is 1. The van der Waals surface area contributed by atoms with Crippen molar-refractivity contribution in [3.05, 3.63) is 24.3 Å². The minimum absolute atomic E-state index is 0.209. The number of β-amino-alcohol motifs (C(OH)–C–C–N with tert-alkyl or cyclic N) is 1. The van der Waals surface area contributed by atoms with Crippen molar-refractivity contribution < 1.29 is 19.0 Å². The summed E-state index contributed by atoms with van der Waals surface area (Å²) in [6.45, 7) is 1.21. The van der Waals surface area contributed by atoms with Crippen LogP contribution in [-0.4, -0.2) is 53.4 Å². The molecule has 6 nitrogen and oxygen atoms in total. The number of aromatic nitrogens is 1. The molecule has 2 amide bonds. The number of nitrogens with zero attached hydrogens (tertiary/aromatic N) is 2. The van der Waals surface area contributed by atoms with Crippen molar-refractivity contribution >= 4 is 11.7 Å². The second-order valence-corrected chi connectivity index (χ2v) is 3.97. The Labute approximate surface area is 103 Å². The fourth-order valence-corrected chi connectivity index (χ4v) is 1.63. The molecule has 1 atom stereocenters. The molecule has 1 saturated heterocycles. The number of halogens is 1. The smallest absolute Gasteiger partial charge is 0.322 e. The lowest BCUT2D eigenvalue weighted by molar-refractivity contribution is 0.0575. The van der Waals surface area contributed by atoms with Gasteiger partial charge >= 0.3 is 6.03 Å². The van der Waals surface area contributed by atoms with Crippen LogP contribution in [-0.2, 0) is 4.74 Å². The molecule has 0 radical (unpaired) electrons. The maximum absolute atomic E-state index is 12.6. The summed E-state index contributed by atoms with van der Waals surface area (Å²) in [6.07, 6.45) is 0.544. The van der Waals surface area contributed by atoms with Crippen molar-refractivity contribution in [1.29, 1.82) is 0 Å². The number of aliphatic hydroxyl groups excluding tert-OH is 1. The number of anilines is 1. The predicted molar refractivity (Wildman–Crippen MR) is 61.6 cm³/mol. The van der Waals surface area contributed by atoms with Crippen LogP contribution >= 0.6 is 0 Å². The summed E-state index contributed by atoms with van der Waals surface area (Å²) in [7, 11) is 0. The number of carbonyl (C=O) groups excluding carboxylic acids is 1. The van der Waals surface area contributed by atoms with E-state index < -0.39 is 12.1 Å². The van der Waals surface area contributed by atoms with Gasteiger partial charge in [-0.2, -0.15) is 4.39 Å². The van der Waals surface area contributed by atoms with Crippen molar-refractivity contribution in [2.45, 2.75) is 6.10 Å². The first kappa shape index (κ1) is 12.7. The van der Waals surface area contributed by atoms with Gasteiger partial charge in [-0.1, -0.05) is 0 Å². The van der Waals surface area contributed by atoms with Crippen LogP contribution in [0.5, 0.6) is 0 Å². The number of amides is 2. The van der Waals surface area contributed by atoms with Crippen LogP contribution < -0.4 is 5.32 Å². The fraction of sp³-hybridized carbons (Fsp3) is 0.455. The van der Waals surface area contributed by atoms with Crippen molar-refractivity contribution in [2.75, 3.05) is 31.6 Å². The Balaban J connectivity index is 1.96. The summed E-state index contributed by atoms with van der Waals surface area (Å²) >= 11 is 0. The van der Waals surface area contributed by atoms with E-state index in [1.165, 1.54) is 17.2 Å². The molecule has 1 fully saturated rings. The van der Waals surface area contributed by atoms with Gasteiger partial charge < -0.3 is 20.1 Å². The molecule has 98 valence electrons. The molecule has 0 saturated carbocycles. The summed E-state index contributed by atoms with van der Waals surface area (Å²) in [5.41, 5.74) is 0.404. The van der Waals surface area contributed by atoms with Crippen LogP contribution in [0.4, 0.5) is 14.9 Å². The molecule has 0 unspecified atom stereocenters. The number of ether oxygens (including phenoxy) is 1. The fourth-order valence-electron chi connectivity index (χ4n) is 1.63. The van der Waals surface area contributed by atoms with E-state index in [0.29, 0.717) is 18.8 Å². The SMILES string of the molecule is O=C(Nc1ccc(F)nc1)N1CCOC[C@@H](O)C1. The molecule has 1 aliphatic heterocycles. The van der Waals surface area contributed by atoms with Crippen molar-refractivity contribution in [2.24, 2.45) is 0 Å². The molecule has 1 aliphatic rings. The van der Waals surface area contributed by atoms with Crippen LogP contribution in [0.2, 0.25) is 0 Å². The average Bonchev–Trinajstić information content (AvgIpc) is 2.57. The zero-order valence-corrected chi connectivity index (χ0v) is 9.67. The van der Waals surface area contributed by atoms with E-state index >= 15 is 0 Å². The van der Waals surface area contributed by atoms with Gasteiger partial charge in [-0.05, 0) is 12.1 Å². The first-order chi connectivity index (χ1) is 8.65. The lowest BCUT2D eigenvalue weighted by Crippen LogP contribution is -2.40. The average molecular weight is 255 g/mol. The van der Waals surface area contributed by atoms with Gasteiger partial charge in [0.05, 0.1) is 37.7 Å². The Bertz CT molecular complexity index is 412. The number of rotatable bonds is 1. The monoisotopic (exact) mass is 255 g/mol. The summed E-state index contributed by atoms with van der Waals surface area (Å²) in [4.78, 5) is 16.8. The third kappa shape index (κ3) is 3.38. The number of aliphatic hydroxyl groups is 1. The van der Waals surface area contributed by atoms with E-state index in [4.69, 9.17) is 4.74 Å². The molecule has 0 aliphatic carbocycles. The number of hydrogen-bond donors (Lipinski definition) is 2. The van der Waals surface area contributed by atoms with Crippen LogP contribution in [0.3, 0.4) is 0 Å². The largest absolute Gasteiger partial charge is 0.389 e. The van der Waals surface area contributed by atoms with E-state index in [2.05, 4.69) is 10.3 Å². The van der Waals surface area contributed by atoms with Gasteiger partial charge in [0.25, 0.3) is 0 Å². The van der Waals surface area contributed by atoms with Crippen molar-refractivity contribution in [3.63, 3.8) is 0 Å². The Morgan fingerprint density at radius 1 is 1.61 bits per heavy atom. The van der Waals surface area contributed by atoms with Gasteiger partial charge in [0.2, 0.25) is 5.95 Å². The Kier molecular flexibility index (Phi) is 4.06. The van der Waals surface area contributed by atoms with E-state index in [9.17, 15) is 14.3 Å². The van der Waals surface area contributed by atoms with Gasteiger partial charge in [0, 0.05) is 6.54 Å². The predicted octanol–water partition coefficient (Wildman–Crippen LogP) is 0.446. The first-order valence-electron chi connectivity index (χ1n) is 5.58. The Morgan fingerprint density at radius 2 is 2.44 bits per heavy atom. The van der Waals surface area contributed by atoms with Gasteiger partial charge in [-0.15, -0.1) is 0 Å². The molecule has 2 N–H and O–H groups in total. The number of nitrogens with one attached hydrogen (secondary N) is 1. The van der Waals surface area contributed by atoms with Gasteiger partial charge in [-0.25, -0.2) is 9.78 Å². The molecule has 2 heterocycles. The summed E-state index contributed by atoms with van der Waals surface area (Å²) in [5.74, 6) is -0.605. The van der Waals surface area contributed by atoms with Crippen LogP contribution in [0, 0.1) is 5.95 Å². The molecule has 0 spiro atoms. The topological polar surface area (TPSA) is 74.7 Å². The number of pyridine rings is 1. The van der Waals surface area contributed by atoms with Gasteiger partial charge in [0.1, 0.15) is 0 Å². The molecule has 1 aromatic heterocycles. The molecule has 1 aromatic rings. The lowest BCUT2D eigenvalue weighted by Gasteiger charge is -2.21.